The highest BCUT2D eigenvalue weighted by atomic mass is 16.5. The topological polar surface area (TPSA) is 67.4 Å². The Balaban J connectivity index is 1.54. The number of morpholine rings is 1. The molecule has 2 heterocycles. The Morgan fingerprint density at radius 2 is 1.96 bits per heavy atom. The molecule has 0 unspecified atom stereocenters. The molecule has 1 fully saturated rings. The van der Waals surface area contributed by atoms with Crippen molar-refractivity contribution in [2.24, 2.45) is 0 Å². The van der Waals surface area contributed by atoms with E-state index in [4.69, 9.17) is 4.74 Å². The third-order valence-corrected chi connectivity index (χ3v) is 3.97. The van der Waals surface area contributed by atoms with Crippen LogP contribution in [-0.2, 0) is 9.53 Å². The summed E-state index contributed by atoms with van der Waals surface area (Å²) in [6.07, 6.45) is 3.71. The van der Waals surface area contributed by atoms with Crippen LogP contribution in [0, 0.1) is 0 Å². The maximum Gasteiger partial charge on any atom is 0.224 e. The molecule has 1 aromatic carbocycles. The zero-order chi connectivity index (χ0) is 16.8. The molecule has 126 valence electrons. The van der Waals surface area contributed by atoms with E-state index >= 15 is 0 Å². The normalized spacial score (nSPS) is 20.6. The Morgan fingerprint density at radius 1 is 1.21 bits per heavy atom. The lowest BCUT2D eigenvalue weighted by Crippen LogP contribution is -2.46. The number of hydrogen-bond donors (Lipinski definition) is 1. The summed E-state index contributed by atoms with van der Waals surface area (Å²) in [4.78, 5) is 22.6. The minimum atomic E-state index is -0.0654. The van der Waals surface area contributed by atoms with Crippen molar-refractivity contribution in [3.8, 4) is 0 Å². The number of carbonyl (C=O) groups is 1. The van der Waals surface area contributed by atoms with Crippen molar-refractivity contribution in [2.75, 3.05) is 25.0 Å². The Hall–Kier alpha value is -2.47. The number of ether oxygens (including phenoxy) is 1. The number of nitrogens with zero attached hydrogens (tertiary/aromatic N) is 3. The van der Waals surface area contributed by atoms with Gasteiger partial charge >= 0.3 is 0 Å². The number of anilines is 1. The van der Waals surface area contributed by atoms with Gasteiger partial charge in [0.2, 0.25) is 11.9 Å². The maximum atomic E-state index is 12.5. The van der Waals surface area contributed by atoms with Crippen LogP contribution < -0.4 is 5.32 Å². The number of rotatable bonds is 5. The zero-order valence-electron chi connectivity index (χ0n) is 13.8. The molecule has 2 aromatic rings. The van der Waals surface area contributed by atoms with Crippen LogP contribution in [0.1, 0.15) is 25.0 Å². The molecule has 1 amide bonds. The summed E-state index contributed by atoms with van der Waals surface area (Å²) in [6.45, 7) is 3.75. The van der Waals surface area contributed by atoms with Crippen molar-refractivity contribution in [3.05, 3.63) is 54.4 Å². The average Bonchev–Trinajstić information content (AvgIpc) is 2.63. The molecule has 0 bridgehead atoms. The van der Waals surface area contributed by atoms with Crippen molar-refractivity contribution >= 4 is 11.9 Å². The van der Waals surface area contributed by atoms with Gasteiger partial charge in [-0.1, -0.05) is 30.3 Å². The molecule has 24 heavy (non-hydrogen) atoms. The van der Waals surface area contributed by atoms with Crippen LogP contribution in [0.2, 0.25) is 0 Å². The lowest BCUT2D eigenvalue weighted by molar-refractivity contribution is -0.144. The van der Waals surface area contributed by atoms with E-state index in [9.17, 15) is 4.79 Å². The van der Waals surface area contributed by atoms with Crippen LogP contribution in [0.5, 0.6) is 0 Å². The summed E-state index contributed by atoms with van der Waals surface area (Å²) < 4.78 is 6.00. The van der Waals surface area contributed by atoms with E-state index < -0.39 is 0 Å². The molecular formula is C18H22N4O2. The van der Waals surface area contributed by atoms with E-state index in [1.165, 1.54) is 0 Å². The maximum absolute atomic E-state index is 12.5. The number of carbonyl (C=O) groups excluding carboxylic acids is 1. The van der Waals surface area contributed by atoms with Crippen molar-refractivity contribution in [3.63, 3.8) is 0 Å². The quantitative estimate of drug-likeness (QED) is 0.913. The van der Waals surface area contributed by atoms with Gasteiger partial charge in [-0.2, -0.15) is 0 Å². The molecule has 2 atom stereocenters. The molecule has 0 spiro atoms. The third-order valence-electron chi connectivity index (χ3n) is 3.97. The predicted molar refractivity (Wildman–Crippen MR) is 91.4 cm³/mol. The molecule has 6 nitrogen and oxygen atoms in total. The number of hydrogen-bond acceptors (Lipinski definition) is 5. The average molecular weight is 326 g/mol. The molecule has 3 rings (SSSR count). The van der Waals surface area contributed by atoms with Gasteiger partial charge in [-0.15, -0.1) is 0 Å². The van der Waals surface area contributed by atoms with Crippen molar-refractivity contribution < 1.29 is 9.53 Å². The fraction of sp³-hybridized carbons (Fsp3) is 0.389. The molecule has 1 aliphatic rings. The first-order valence-electron chi connectivity index (χ1n) is 8.21. The lowest BCUT2D eigenvalue weighted by Gasteiger charge is -2.37. The predicted octanol–water partition coefficient (Wildman–Crippen LogP) is 2.27. The van der Waals surface area contributed by atoms with Gasteiger partial charge in [0.05, 0.1) is 12.6 Å². The van der Waals surface area contributed by atoms with Gasteiger partial charge < -0.3 is 15.0 Å². The van der Waals surface area contributed by atoms with Crippen LogP contribution in [0.4, 0.5) is 5.95 Å². The van der Waals surface area contributed by atoms with Gasteiger partial charge in [-0.3, -0.25) is 4.79 Å². The molecular weight excluding hydrogens is 304 g/mol. The van der Waals surface area contributed by atoms with Crippen molar-refractivity contribution in [1.82, 2.24) is 14.9 Å². The molecule has 0 aliphatic carbocycles. The van der Waals surface area contributed by atoms with Gasteiger partial charge in [0.25, 0.3) is 0 Å². The molecule has 1 aromatic heterocycles. The zero-order valence-corrected chi connectivity index (χ0v) is 13.8. The van der Waals surface area contributed by atoms with Crippen LogP contribution in [0.3, 0.4) is 0 Å². The first-order chi connectivity index (χ1) is 11.7. The van der Waals surface area contributed by atoms with E-state index in [-0.39, 0.29) is 18.1 Å². The summed E-state index contributed by atoms with van der Waals surface area (Å²) in [6, 6.07) is 11.8. The Bertz CT molecular complexity index is 651. The van der Waals surface area contributed by atoms with Crippen LogP contribution >= 0.6 is 0 Å². The van der Waals surface area contributed by atoms with Gasteiger partial charge in [0, 0.05) is 31.9 Å². The largest absolute Gasteiger partial charge is 0.367 e. The fourth-order valence-electron chi connectivity index (χ4n) is 2.84. The second-order valence-electron chi connectivity index (χ2n) is 5.89. The summed E-state index contributed by atoms with van der Waals surface area (Å²) in [5.41, 5.74) is 1.11. The first kappa shape index (κ1) is 16.4. The van der Waals surface area contributed by atoms with Gasteiger partial charge in [0.1, 0.15) is 6.10 Å². The minimum absolute atomic E-state index is 0.0262. The van der Waals surface area contributed by atoms with E-state index in [0.717, 1.165) is 5.56 Å². The number of aromatic nitrogens is 2. The second kappa shape index (κ2) is 7.88. The molecule has 0 saturated carbocycles. The Labute approximate surface area is 141 Å². The van der Waals surface area contributed by atoms with E-state index in [1.807, 2.05) is 42.2 Å². The summed E-state index contributed by atoms with van der Waals surface area (Å²) in [7, 11) is 0. The van der Waals surface area contributed by atoms with Gasteiger partial charge in [-0.25, -0.2) is 9.97 Å². The van der Waals surface area contributed by atoms with Crippen LogP contribution in [0.15, 0.2) is 48.8 Å². The summed E-state index contributed by atoms with van der Waals surface area (Å²) >= 11 is 0. The smallest absolute Gasteiger partial charge is 0.224 e. The highest BCUT2D eigenvalue weighted by molar-refractivity contribution is 5.76. The fourth-order valence-corrected chi connectivity index (χ4v) is 2.84. The highest BCUT2D eigenvalue weighted by Crippen LogP contribution is 2.25. The first-order valence-corrected chi connectivity index (χ1v) is 8.21. The standard InChI is InChI=1S/C18H22N4O2/c1-14-12-22(13-16(24-14)15-6-3-2-4-7-15)17(23)8-11-21-18-19-9-5-10-20-18/h2-7,9-10,14,16H,8,11-13H2,1H3,(H,19,20,21)/t14-,16-/m0/s1. The minimum Gasteiger partial charge on any atom is -0.367 e. The van der Waals surface area contributed by atoms with E-state index in [2.05, 4.69) is 15.3 Å². The van der Waals surface area contributed by atoms with Crippen molar-refractivity contribution in [1.29, 1.82) is 0 Å². The van der Waals surface area contributed by atoms with Crippen molar-refractivity contribution in [2.45, 2.75) is 25.6 Å². The molecule has 1 saturated heterocycles. The molecule has 6 heteroatoms. The van der Waals surface area contributed by atoms with E-state index in [1.54, 1.807) is 18.5 Å². The molecule has 1 N–H and O–H groups in total. The van der Waals surface area contributed by atoms with Gasteiger partial charge in [0.15, 0.2) is 0 Å². The van der Waals surface area contributed by atoms with Crippen LogP contribution in [-0.4, -0.2) is 46.5 Å². The third kappa shape index (κ3) is 4.29. The highest BCUT2D eigenvalue weighted by Gasteiger charge is 2.28. The lowest BCUT2D eigenvalue weighted by atomic mass is 10.1. The Kier molecular flexibility index (Phi) is 5.38. The molecule has 1 aliphatic heterocycles. The van der Waals surface area contributed by atoms with Gasteiger partial charge in [-0.05, 0) is 18.6 Å². The number of benzene rings is 1. The molecule has 0 radical (unpaired) electrons. The number of nitrogens with one attached hydrogen (secondary N) is 1. The monoisotopic (exact) mass is 326 g/mol. The second-order valence-corrected chi connectivity index (χ2v) is 5.89. The van der Waals surface area contributed by atoms with E-state index in [0.29, 0.717) is 32.0 Å². The number of amides is 1. The summed E-state index contributed by atoms with van der Waals surface area (Å²) in [5.74, 6) is 0.664. The SMILES string of the molecule is C[C@H]1CN(C(=O)CCNc2ncccn2)C[C@@H](c2ccccc2)O1. The Morgan fingerprint density at radius 3 is 2.71 bits per heavy atom. The summed E-state index contributed by atoms with van der Waals surface area (Å²) in [5, 5.41) is 3.07. The van der Waals surface area contributed by atoms with Crippen LogP contribution in [0.25, 0.3) is 0 Å².